The lowest BCUT2D eigenvalue weighted by atomic mass is 9.91. The second-order valence-electron chi connectivity index (χ2n) is 9.38. The molecule has 0 fully saturated rings. The van der Waals surface area contributed by atoms with Crippen molar-refractivity contribution in [2.24, 2.45) is 0 Å². The number of benzene rings is 1. The van der Waals surface area contributed by atoms with Crippen LogP contribution >= 0.6 is 15.9 Å². The van der Waals surface area contributed by atoms with Gasteiger partial charge in [0, 0.05) is 21.3 Å². The second kappa shape index (κ2) is 9.48. The van der Waals surface area contributed by atoms with Gasteiger partial charge >= 0.3 is 5.97 Å². The van der Waals surface area contributed by atoms with Gasteiger partial charge in [-0.25, -0.2) is 9.18 Å². The van der Waals surface area contributed by atoms with Crippen molar-refractivity contribution in [2.45, 2.75) is 79.1 Å². The van der Waals surface area contributed by atoms with Crippen LogP contribution in [0.2, 0.25) is 0 Å². The summed E-state index contributed by atoms with van der Waals surface area (Å²) in [5, 5.41) is 0. The fraction of sp³-hybridized carbons (Fsp3) is 0.520. The maximum atomic E-state index is 15.0. The van der Waals surface area contributed by atoms with Gasteiger partial charge in [0.1, 0.15) is 0 Å². The van der Waals surface area contributed by atoms with E-state index in [1.54, 1.807) is 13.8 Å². The number of hydrogen-bond donors (Lipinski definition) is 0. The molecule has 2 aromatic rings. The van der Waals surface area contributed by atoms with Crippen molar-refractivity contribution in [3.05, 3.63) is 44.9 Å². The van der Waals surface area contributed by atoms with Crippen LogP contribution in [0, 0.1) is 19.7 Å². The van der Waals surface area contributed by atoms with Crippen molar-refractivity contribution in [3.8, 4) is 16.9 Å². The molecule has 5 nitrogen and oxygen atoms in total. The monoisotopic (exact) mass is 507 g/mol. The Labute approximate surface area is 197 Å². The van der Waals surface area contributed by atoms with Gasteiger partial charge in [-0.05, 0) is 100 Å². The highest BCUT2D eigenvalue weighted by Gasteiger charge is 2.35. The standard InChI is InChI=1S/C25H31BrFNO4/c1-13(2)31-24(29)23(32-25(5,6)7)19-14(3)28-15(4)21(26)20(19)17-11-16-9-8-10-30-22(16)18(27)12-17/h11-13,23H,8-10H2,1-7H3. The summed E-state index contributed by atoms with van der Waals surface area (Å²) in [5.41, 5.74) is 3.44. The van der Waals surface area contributed by atoms with Gasteiger partial charge in [0.05, 0.1) is 24.0 Å². The molecule has 1 aliphatic rings. The normalized spacial score (nSPS) is 14.7. The fourth-order valence-electron chi connectivity index (χ4n) is 3.90. The molecule has 0 N–H and O–H groups in total. The summed E-state index contributed by atoms with van der Waals surface area (Å²) in [6.45, 7) is 13.4. The van der Waals surface area contributed by atoms with Crippen LogP contribution in [0.3, 0.4) is 0 Å². The summed E-state index contributed by atoms with van der Waals surface area (Å²) < 4.78 is 33.0. The molecule has 174 valence electrons. The molecule has 0 radical (unpaired) electrons. The maximum Gasteiger partial charge on any atom is 0.340 e. The number of fused-ring (bicyclic) bond motifs is 1. The smallest absolute Gasteiger partial charge is 0.340 e. The van der Waals surface area contributed by atoms with Crippen LogP contribution in [0.1, 0.15) is 69.7 Å². The summed E-state index contributed by atoms with van der Waals surface area (Å²) in [7, 11) is 0. The molecule has 0 saturated heterocycles. The highest BCUT2D eigenvalue weighted by Crippen LogP contribution is 2.43. The number of hydrogen-bond acceptors (Lipinski definition) is 5. The molecule has 1 unspecified atom stereocenters. The third-order valence-corrected chi connectivity index (χ3v) is 6.05. The number of aromatic nitrogens is 1. The number of halogens is 2. The van der Waals surface area contributed by atoms with Crippen LogP contribution in [-0.4, -0.2) is 29.3 Å². The summed E-state index contributed by atoms with van der Waals surface area (Å²) in [6.07, 6.45) is 0.229. The lowest BCUT2D eigenvalue weighted by Gasteiger charge is -2.30. The Morgan fingerprint density at radius 3 is 2.53 bits per heavy atom. The van der Waals surface area contributed by atoms with Gasteiger partial charge in [0.15, 0.2) is 17.7 Å². The first-order chi connectivity index (χ1) is 14.9. The lowest BCUT2D eigenvalue weighted by Crippen LogP contribution is -2.31. The van der Waals surface area contributed by atoms with E-state index in [4.69, 9.17) is 14.2 Å². The predicted molar refractivity (Wildman–Crippen MR) is 125 cm³/mol. The van der Waals surface area contributed by atoms with Gasteiger partial charge in [-0.3, -0.25) is 4.98 Å². The first-order valence-corrected chi connectivity index (χ1v) is 11.7. The number of aryl methyl sites for hydroxylation is 3. The van der Waals surface area contributed by atoms with E-state index >= 15 is 4.39 Å². The molecule has 0 spiro atoms. The fourth-order valence-corrected chi connectivity index (χ4v) is 4.43. The van der Waals surface area contributed by atoms with Crippen molar-refractivity contribution in [2.75, 3.05) is 6.61 Å². The van der Waals surface area contributed by atoms with E-state index < -0.39 is 23.5 Å². The first-order valence-electron chi connectivity index (χ1n) is 10.9. The molecule has 32 heavy (non-hydrogen) atoms. The van der Waals surface area contributed by atoms with Gasteiger partial charge in [-0.15, -0.1) is 0 Å². The molecule has 1 atom stereocenters. The summed E-state index contributed by atoms with van der Waals surface area (Å²) >= 11 is 3.65. The molecule has 1 aromatic heterocycles. The van der Waals surface area contributed by atoms with E-state index in [2.05, 4.69) is 20.9 Å². The summed E-state index contributed by atoms with van der Waals surface area (Å²) in [5.74, 6) is -0.610. The maximum absolute atomic E-state index is 15.0. The van der Waals surface area contributed by atoms with E-state index in [0.29, 0.717) is 39.2 Å². The number of pyridine rings is 1. The van der Waals surface area contributed by atoms with Crippen LogP contribution in [0.15, 0.2) is 16.6 Å². The van der Waals surface area contributed by atoms with Crippen LogP contribution in [0.25, 0.3) is 11.1 Å². The first kappa shape index (κ1) is 24.6. The molecule has 0 amide bonds. The van der Waals surface area contributed by atoms with Crippen molar-refractivity contribution >= 4 is 21.9 Å². The molecular weight excluding hydrogens is 477 g/mol. The highest BCUT2D eigenvalue weighted by molar-refractivity contribution is 9.10. The van der Waals surface area contributed by atoms with Crippen LogP contribution in [0.4, 0.5) is 4.39 Å². The molecule has 0 aliphatic carbocycles. The Hall–Kier alpha value is -1.99. The topological polar surface area (TPSA) is 57.7 Å². The van der Waals surface area contributed by atoms with E-state index in [-0.39, 0.29) is 6.10 Å². The van der Waals surface area contributed by atoms with Gasteiger partial charge < -0.3 is 14.2 Å². The molecule has 1 aromatic carbocycles. The Morgan fingerprint density at radius 1 is 1.22 bits per heavy atom. The van der Waals surface area contributed by atoms with Crippen molar-refractivity contribution in [1.82, 2.24) is 4.98 Å². The minimum absolute atomic E-state index is 0.307. The molecule has 0 bridgehead atoms. The van der Waals surface area contributed by atoms with E-state index in [1.807, 2.05) is 40.7 Å². The summed E-state index contributed by atoms with van der Waals surface area (Å²) in [4.78, 5) is 17.8. The minimum atomic E-state index is -1.02. The van der Waals surface area contributed by atoms with Crippen molar-refractivity contribution in [1.29, 1.82) is 0 Å². The number of carbonyl (C=O) groups is 1. The molecule has 3 rings (SSSR count). The van der Waals surface area contributed by atoms with Crippen molar-refractivity contribution in [3.63, 3.8) is 0 Å². The van der Waals surface area contributed by atoms with Gasteiger partial charge in [-0.1, -0.05) is 0 Å². The highest BCUT2D eigenvalue weighted by atomic mass is 79.9. The Morgan fingerprint density at radius 2 is 1.91 bits per heavy atom. The zero-order chi connectivity index (χ0) is 23.8. The second-order valence-corrected chi connectivity index (χ2v) is 10.2. The predicted octanol–water partition coefficient (Wildman–Crippen LogP) is 6.40. The van der Waals surface area contributed by atoms with E-state index in [1.165, 1.54) is 6.07 Å². The average Bonchev–Trinajstić information content (AvgIpc) is 2.67. The van der Waals surface area contributed by atoms with E-state index in [0.717, 1.165) is 24.1 Å². The quantitative estimate of drug-likeness (QED) is 0.438. The zero-order valence-corrected chi connectivity index (χ0v) is 21.4. The Balaban J connectivity index is 2.28. The number of nitrogens with zero attached hydrogens (tertiary/aromatic N) is 1. The lowest BCUT2D eigenvalue weighted by molar-refractivity contribution is -0.171. The SMILES string of the molecule is Cc1nc(C)c(C(OC(C)(C)C)C(=O)OC(C)C)c(-c2cc(F)c3c(c2)CCCO3)c1Br. The largest absolute Gasteiger partial charge is 0.490 e. The zero-order valence-electron chi connectivity index (χ0n) is 19.8. The van der Waals surface area contributed by atoms with Crippen LogP contribution < -0.4 is 4.74 Å². The van der Waals surface area contributed by atoms with Gasteiger partial charge in [0.2, 0.25) is 0 Å². The Kier molecular flexibility index (Phi) is 7.30. The number of rotatable bonds is 5. The Bertz CT molecular complexity index is 1030. The van der Waals surface area contributed by atoms with Crippen LogP contribution in [0.5, 0.6) is 5.75 Å². The van der Waals surface area contributed by atoms with Gasteiger partial charge in [-0.2, -0.15) is 0 Å². The molecular formula is C25H31BrFNO4. The number of esters is 1. The molecule has 0 saturated carbocycles. The minimum Gasteiger partial charge on any atom is -0.490 e. The van der Waals surface area contributed by atoms with Crippen molar-refractivity contribution < 1.29 is 23.4 Å². The molecule has 2 heterocycles. The third-order valence-electron chi connectivity index (χ3n) is 5.08. The molecule has 1 aliphatic heterocycles. The van der Waals surface area contributed by atoms with Crippen LogP contribution in [-0.2, 0) is 20.7 Å². The molecule has 7 heteroatoms. The third kappa shape index (κ3) is 5.31. The van der Waals surface area contributed by atoms with Gasteiger partial charge in [0.25, 0.3) is 0 Å². The summed E-state index contributed by atoms with van der Waals surface area (Å²) in [6, 6.07) is 3.39. The average molecular weight is 508 g/mol. The van der Waals surface area contributed by atoms with E-state index in [9.17, 15) is 4.79 Å². The number of ether oxygens (including phenoxy) is 3. The number of carbonyl (C=O) groups excluding carboxylic acids is 1.